The Morgan fingerprint density at radius 2 is 2.25 bits per heavy atom. The lowest BCUT2D eigenvalue weighted by atomic mass is 10.1. The molecule has 7 heteroatoms. The van der Waals surface area contributed by atoms with Gasteiger partial charge in [0.2, 0.25) is 12.3 Å². The van der Waals surface area contributed by atoms with Gasteiger partial charge in [0, 0.05) is 6.54 Å². The molecule has 0 saturated carbocycles. The molecule has 128 valence electrons. The van der Waals surface area contributed by atoms with Crippen LogP contribution in [0.15, 0.2) is 29.1 Å². The molecule has 0 aliphatic carbocycles. The van der Waals surface area contributed by atoms with Crippen LogP contribution in [-0.4, -0.2) is 47.3 Å². The second-order valence-electron chi connectivity index (χ2n) is 5.81. The molecule has 3 rings (SSSR count). The minimum atomic E-state index is -0.299. The fourth-order valence-corrected chi connectivity index (χ4v) is 2.65. The third-order valence-electron chi connectivity index (χ3n) is 4.19. The van der Waals surface area contributed by atoms with Gasteiger partial charge in [0.05, 0.1) is 26.2 Å². The van der Waals surface area contributed by atoms with Gasteiger partial charge < -0.3 is 18.9 Å². The van der Waals surface area contributed by atoms with Crippen LogP contribution in [0.4, 0.5) is 0 Å². The second kappa shape index (κ2) is 7.44. The fourth-order valence-electron chi connectivity index (χ4n) is 2.65. The van der Waals surface area contributed by atoms with Gasteiger partial charge in [-0.2, -0.15) is 4.98 Å². The predicted octanol–water partition coefficient (Wildman–Crippen LogP) is 2.06. The number of morpholine rings is 1. The van der Waals surface area contributed by atoms with Gasteiger partial charge in [0.1, 0.15) is 11.8 Å². The van der Waals surface area contributed by atoms with Gasteiger partial charge in [-0.15, -0.1) is 0 Å². The Labute approximate surface area is 140 Å². The summed E-state index contributed by atoms with van der Waals surface area (Å²) in [4.78, 5) is 18.3. The number of aromatic nitrogens is 2. The molecule has 0 bridgehead atoms. The van der Waals surface area contributed by atoms with Crippen LogP contribution < -0.4 is 4.74 Å². The van der Waals surface area contributed by atoms with Crippen molar-refractivity contribution >= 4 is 5.91 Å². The second-order valence-corrected chi connectivity index (χ2v) is 5.81. The van der Waals surface area contributed by atoms with Crippen molar-refractivity contribution < 1.29 is 18.8 Å². The molecule has 2 heterocycles. The lowest BCUT2D eigenvalue weighted by molar-refractivity contribution is -0.141. The summed E-state index contributed by atoms with van der Waals surface area (Å²) in [5.74, 6) is 1.25. The van der Waals surface area contributed by atoms with E-state index in [4.69, 9.17) is 14.0 Å². The van der Waals surface area contributed by atoms with Gasteiger partial charge in [0.15, 0.2) is 5.82 Å². The summed E-state index contributed by atoms with van der Waals surface area (Å²) in [6.07, 6.45) is 1.55. The van der Waals surface area contributed by atoms with Crippen molar-refractivity contribution in [3.05, 3.63) is 41.5 Å². The molecule has 1 amide bonds. The Hall–Kier alpha value is -2.41. The molecule has 1 fully saturated rings. The van der Waals surface area contributed by atoms with Gasteiger partial charge in [-0.1, -0.05) is 11.2 Å². The van der Waals surface area contributed by atoms with Crippen molar-refractivity contribution in [1.82, 2.24) is 15.0 Å². The van der Waals surface area contributed by atoms with Crippen molar-refractivity contribution in [3.8, 4) is 5.75 Å². The van der Waals surface area contributed by atoms with E-state index in [-0.39, 0.29) is 11.9 Å². The molecular formula is C17H21N3O4. The highest BCUT2D eigenvalue weighted by Crippen LogP contribution is 2.22. The number of hydrogen-bond donors (Lipinski definition) is 0. The summed E-state index contributed by atoms with van der Waals surface area (Å²) in [5, 5.41) is 3.83. The largest absolute Gasteiger partial charge is 0.493 e. The maximum Gasteiger partial charge on any atom is 0.226 e. The monoisotopic (exact) mass is 331 g/mol. The van der Waals surface area contributed by atoms with Crippen LogP contribution in [0, 0.1) is 13.8 Å². The molecule has 1 aliphatic heterocycles. The molecule has 1 saturated heterocycles. The Kier molecular flexibility index (Phi) is 5.10. The number of rotatable bonds is 5. The molecule has 7 nitrogen and oxygen atoms in total. The van der Waals surface area contributed by atoms with E-state index in [0.29, 0.717) is 38.6 Å². The zero-order chi connectivity index (χ0) is 16.9. The van der Waals surface area contributed by atoms with Gasteiger partial charge in [0.25, 0.3) is 0 Å². The van der Waals surface area contributed by atoms with Gasteiger partial charge in [-0.3, -0.25) is 4.79 Å². The quantitative estimate of drug-likeness (QED) is 0.834. The first-order chi connectivity index (χ1) is 11.6. The molecule has 1 atom stereocenters. The maximum atomic E-state index is 12.5. The normalized spacial score (nSPS) is 17.8. The van der Waals surface area contributed by atoms with Crippen molar-refractivity contribution in [1.29, 1.82) is 0 Å². The van der Waals surface area contributed by atoms with Crippen LogP contribution in [0.3, 0.4) is 0 Å². The molecular weight excluding hydrogens is 310 g/mol. The third-order valence-corrected chi connectivity index (χ3v) is 4.19. The van der Waals surface area contributed by atoms with E-state index in [0.717, 1.165) is 5.75 Å². The summed E-state index contributed by atoms with van der Waals surface area (Å²) in [5.41, 5.74) is 2.39. The molecule has 0 N–H and O–H groups in total. The molecule has 0 spiro atoms. The minimum Gasteiger partial charge on any atom is -0.493 e. The summed E-state index contributed by atoms with van der Waals surface area (Å²) in [7, 11) is 0. The lowest BCUT2D eigenvalue weighted by Gasteiger charge is -2.33. The summed E-state index contributed by atoms with van der Waals surface area (Å²) >= 11 is 0. The molecule has 0 unspecified atom stereocenters. The van der Waals surface area contributed by atoms with Crippen LogP contribution in [0.5, 0.6) is 5.75 Å². The van der Waals surface area contributed by atoms with Crippen molar-refractivity contribution in [2.75, 3.05) is 26.4 Å². The van der Waals surface area contributed by atoms with E-state index in [1.165, 1.54) is 17.5 Å². The van der Waals surface area contributed by atoms with E-state index in [1.807, 2.05) is 25.1 Å². The smallest absolute Gasteiger partial charge is 0.226 e. The Bertz CT molecular complexity index is 687. The first-order valence-corrected chi connectivity index (χ1v) is 7.98. The van der Waals surface area contributed by atoms with Crippen molar-refractivity contribution in [2.24, 2.45) is 0 Å². The van der Waals surface area contributed by atoms with Crippen LogP contribution >= 0.6 is 0 Å². The van der Waals surface area contributed by atoms with Crippen LogP contribution in [0.25, 0.3) is 0 Å². The number of carbonyl (C=O) groups excluding carboxylic acids is 1. The van der Waals surface area contributed by atoms with Crippen LogP contribution in [0.1, 0.15) is 29.4 Å². The lowest BCUT2D eigenvalue weighted by Crippen LogP contribution is -2.44. The molecule has 1 aromatic heterocycles. The number of benzene rings is 1. The summed E-state index contributed by atoms with van der Waals surface area (Å²) in [6.45, 7) is 5.83. The summed E-state index contributed by atoms with van der Waals surface area (Å²) in [6, 6.07) is 5.62. The van der Waals surface area contributed by atoms with Crippen molar-refractivity contribution in [3.63, 3.8) is 0 Å². The zero-order valence-electron chi connectivity index (χ0n) is 13.9. The molecule has 1 aliphatic rings. The van der Waals surface area contributed by atoms with Crippen molar-refractivity contribution in [2.45, 2.75) is 26.3 Å². The number of aryl methyl sites for hydroxylation is 2. The highest BCUT2D eigenvalue weighted by Gasteiger charge is 2.31. The number of amides is 1. The topological polar surface area (TPSA) is 77.7 Å². The maximum absolute atomic E-state index is 12.5. The molecule has 2 aromatic rings. The number of hydrogen-bond acceptors (Lipinski definition) is 6. The van der Waals surface area contributed by atoms with Gasteiger partial charge >= 0.3 is 0 Å². The zero-order valence-corrected chi connectivity index (χ0v) is 13.9. The van der Waals surface area contributed by atoms with E-state index >= 15 is 0 Å². The first-order valence-electron chi connectivity index (χ1n) is 7.98. The van der Waals surface area contributed by atoms with Crippen LogP contribution in [-0.2, 0) is 9.53 Å². The fraction of sp³-hybridized carbons (Fsp3) is 0.471. The van der Waals surface area contributed by atoms with Gasteiger partial charge in [-0.05, 0) is 37.1 Å². The number of nitrogens with zero attached hydrogens (tertiary/aromatic N) is 3. The minimum absolute atomic E-state index is 0.00284. The van der Waals surface area contributed by atoms with E-state index in [1.54, 1.807) is 4.90 Å². The average molecular weight is 331 g/mol. The predicted molar refractivity (Wildman–Crippen MR) is 85.6 cm³/mol. The molecule has 24 heavy (non-hydrogen) atoms. The number of ether oxygens (including phenoxy) is 2. The molecule has 1 aromatic carbocycles. The van der Waals surface area contributed by atoms with E-state index in [9.17, 15) is 4.79 Å². The van der Waals surface area contributed by atoms with E-state index in [2.05, 4.69) is 17.1 Å². The van der Waals surface area contributed by atoms with E-state index < -0.39 is 0 Å². The first kappa shape index (κ1) is 16.4. The Balaban J connectivity index is 1.56. The third kappa shape index (κ3) is 3.73. The Morgan fingerprint density at radius 1 is 1.38 bits per heavy atom. The molecule has 0 radical (unpaired) electrons. The van der Waals surface area contributed by atoms with Crippen LogP contribution in [0.2, 0.25) is 0 Å². The average Bonchev–Trinajstić information content (AvgIpc) is 3.12. The SMILES string of the molecule is Cc1ccc(OCCC(=O)N2CCOC[C@H]2c2ncon2)cc1C. The number of carbonyl (C=O) groups is 1. The standard InChI is InChI=1S/C17H21N3O4/c1-12-3-4-14(9-13(12)2)23-7-5-16(21)20-6-8-22-10-15(20)17-18-11-24-19-17/h3-4,9,11,15H,5-8,10H2,1-2H3/t15-/m0/s1. The Morgan fingerprint density at radius 3 is 3.00 bits per heavy atom. The van der Waals surface area contributed by atoms with Gasteiger partial charge in [-0.25, -0.2) is 0 Å². The summed E-state index contributed by atoms with van der Waals surface area (Å²) < 4.78 is 15.9. The highest BCUT2D eigenvalue weighted by molar-refractivity contribution is 5.76. The highest BCUT2D eigenvalue weighted by atomic mass is 16.5.